The van der Waals surface area contributed by atoms with Gasteiger partial charge < -0.3 is 9.46 Å². The Hall–Kier alpha value is -0.540. The van der Waals surface area contributed by atoms with Gasteiger partial charge in [-0.1, -0.05) is 0 Å². The van der Waals surface area contributed by atoms with Crippen molar-refractivity contribution in [2.45, 2.75) is 21.3 Å². The van der Waals surface area contributed by atoms with E-state index >= 15 is 0 Å². The van der Waals surface area contributed by atoms with Gasteiger partial charge in [0.15, 0.2) is 0 Å². The van der Waals surface area contributed by atoms with Crippen LogP contribution >= 0.6 is 23.3 Å². The monoisotopic (exact) mass is 320 g/mol. The molecule has 2 heterocycles. The number of sulfonamides is 1. The van der Waals surface area contributed by atoms with Gasteiger partial charge in [-0.2, -0.15) is 0 Å². The smallest absolute Gasteiger partial charge is 0.250 e. The van der Waals surface area contributed by atoms with Crippen molar-refractivity contribution in [3.8, 4) is 0 Å². The van der Waals surface area contributed by atoms with Gasteiger partial charge in [0.1, 0.15) is 4.21 Å². The molecule has 0 fully saturated rings. The van der Waals surface area contributed by atoms with E-state index in [1.54, 1.807) is 19.4 Å². The van der Waals surface area contributed by atoms with E-state index in [9.17, 15) is 8.42 Å². The van der Waals surface area contributed by atoms with Gasteiger partial charge in [0.2, 0.25) is 10.0 Å². The Morgan fingerprint density at radius 2 is 2.26 bits per heavy atom. The molecule has 106 valence electrons. The van der Waals surface area contributed by atoms with Gasteiger partial charge >= 0.3 is 0 Å². The Balaban J connectivity index is 1.96. The predicted octanol–water partition coefficient (Wildman–Crippen LogP) is 2.03. The predicted molar refractivity (Wildman–Crippen MR) is 78.6 cm³/mol. The molecule has 1 aliphatic rings. The summed E-state index contributed by atoms with van der Waals surface area (Å²) in [5.41, 5.74) is 0.952. The lowest BCUT2D eigenvalue weighted by atomic mass is 10.3. The summed E-state index contributed by atoms with van der Waals surface area (Å²) in [4.78, 5) is 0. The summed E-state index contributed by atoms with van der Waals surface area (Å²) in [6.45, 7) is 1.09. The minimum Gasteiger partial charge on any atom is -0.385 e. The van der Waals surface area contributed by atoms with Gasteiger partial charge in [-0.25, -0.2) is 13.1 Å². The van der Waals surface area contributed by atoms with Crippen LogP contribution in [0.4, 0.5) is 0 Å². The Kier molecular flexibility index (Phi) is 5.28. The van der Waals surface area contributed by atoms with E-state index in [1.807, 2.05) is 6.08 Å². The third kappa shape index (κ3) is 3.96. The molecule has 0 spiro atoms. The SMILES string of the molecule is COCCCCNS(=O)(=O)c1cc2c(s1)SNC=C2. The average molecular weight is 320 g/mol. The van der Waals surface area contributed by atoms with Crippen LogP contribution in [-0.2, 0) is 14.8 Å². The van der Waals surface area contributed by atoms with Crippen LogP contribution in [0.2, 0.25) is 0 Å². The number of thiophene rings is 1. The van der Waals surface area contributed by atoms with Crippen LogP contribution < -0.4 is 9.44 Å². The Morgan fingerprint density at radius 3 is 3.00 bits per heavy atom. The number of ether oxygens (including phenoxy) is 1. The van der Waals surface area contributed by atoms with E-state index in [2.05, 4.69) is 9.44 Å². The minimum atomic E-state index is -3.39. The first-order valence-electron chi connectivity index (χ1n) is 5.85. The number of unbranched alkanes of at least 4 members (excludes halogenated alkanes) is 1. The highest BCUT2D eigenvalue weighted by molar-refractivity contribution is 8.00. The van der Waals surface area contributed by atoms with Crippen LogP contribution in [0.15, 0.2) is 20.7 Å². The molecule has 0 aliphatic carbocycles. The summed E-state index contributed by atoms with van der Waals surface area (Å²) in [7, 11) is -1.75. The van der Waals surface area contributed by atoms with Crippen molar-refractivity contribution in [2.24, 2.45) is 0 Å². The number of fused-ring (bicyclic) bond motifs is 1. The molecular weight excluding hydrogens is 304 g/mol. The number of hydrogen-bond acceptors (Lipinski definition) is 6. The molecule has 1 aromatic rings. The molecule has 0 radical (unpaired) electrons. The standard InChI is InChI=1S/C11H16N2O3S3/c1-16-7-3-2-5-13-19(14,15)10-8-9-4-6-12-18-11(9)17-10/h4,6,8,12-13H,2-3,5,7H2,1H3. The van der Waals surface area contributed by atoms with Crippen LogP contribution in [0.3, 0.4) is 0 Å². The largest absolute Gasteiger partial charge is 0.385 e. The first kappa shape index (κ1) is 14.9. The normalized spacial score (nSPS) is 14.2. The van der Waals surface area contributed by atoms with E-state index < -0.39 is 10.0 Å². The lowest BCUT2D eigenvalue weighted by Gasteiger charge is -2.04. The topological polar surface area (TPSA) is 67.4 Å². The number of methoxy groups -OCH3 is 1. The number of rotatable bonds is 7. The van der Waals surface area contributed by atoms with Crippen LogP contribution in [0.5, 0.6) is 0 Å². The molecule has 0 amide bonds. The molecule has 0 saturated carbocycles. The summed E-state index contributed by atoms with van der Waals surface area (Å²) < 4.78 is 36.1. The van der Waals surface area contributed by atoms with Crippen molar-refractivity contribution in [1.82, 2.24) is 9.44 Å². The molecule has 0 atom stereocenters. The van der Waals surface area contributed by atoms with Crippen LogP contribution in [-0.4, -0.2) is 28.7 Å². The molecule has 8 heteroatoms. The Bertz CT molecular complexity index is 552. The van der Waals surface area contributed by atoms with Crippen molar-refractivity contribution in [2.75, 3.05) is 20.3 Å². The fourth-order valence-electron chi connectivity index (χ4n) is 1.55. The highest BCUT2D eigenvalue weighted by Crippen LogP contribution is 2.35. The zero-order chi connectivity index (χ0) is 13.7. The minimum absolute atomic E-state index is 0.366. The van der Waals surface area contributed by atoms with E-state index in [0.717, 1.165) is 22.6 Å². The van der Waals surface area contributed by atoms with E-state index in [0.29, 0.717) is 17.4 Å². The zero-order valence-corrected chi connectivity index (χ0v) is 13.0. The fourth-order valence-corrected chi connectivity index (χ4v) is 5.10. The van der Waals surface area contributed by atoms with Crippen molar-refractivity contribution in [3.63, 3.8) is 0 Å². The molecular formula is C11H16N2O3S3. The maximum atomic E-state index is 12.1. The summed E-state index contributed by atoms with van der Waals surface area (Å²) >= 11 is 2.72. The summed E-state index contributed by atoms with van der Waals surface area (Å²) in [5.74, 6) is 0. The maximum absolute atomic E-state index is 12.1. The molecule has 2 N–H and O–H groups in total. The molecule has 1 aliphatic heterocycles. The maximum Gasteiger partial charge on any atom is 0.250 e. The molecule has 0 bridgehead atoms. The molecule has 1 aromatic heterocycles. The van der Waals surface area contributed by atoms with Gasteiger partial charge in [0, 0.05) is 32.0 Å². The third-order valence-corrected chi connectivity index (χ3v) is 6.57. The fraction of sp³-hybridized carbons (Fsp3) is 0.455. The average Bonchev–Trinajstić information content (AvgIpc) is 2.83. The molecule has 0 aromatic carbocycles. The highest BCUT2D eigenvalue weighted by Gasteiger charge is 2.20. The molecule has 0 unspecified atom stereocenters. The lowest BCUT2D eigenvalue weighted by molar-refractivity contribution is 0.193. The van der Waals surface area contributed by atoms with Crippen LogP contribution in [0.25, 0.3) is 6.08 Å². The number of nitrogens with one attached hydrogen (secondary N) is 2. The van der Waals surface area contributed by atoms with Gasteiger partial charge in [-0.15, -0.1) is 11.3 Å². The Labute approximate surface area is 121 Å². The zero-order valence-electron chi connectivity index (χ0n) is 10.5. The van der Waals surface area contributed by atoms with Crippen molar-refractivity contribution in [3.05, 3.63) is 17.8 Å². The molecule has 19 heavy (non-hydrogen) atoms. The van der Waals surface area contributed by atoms with Gasteiger partial charge in [0.05, 0.1) is 4.21 Å². The quantitative estimate of drug-likeness (QED) is 0.594. The second-order valence-corrected chi connectivity index (χ2v) is 8.11. The van der Waals surface area contributed by atoms with Crippen molar-refractivity contribution in [1.29, 1.82) is 0 Å². The lowest BCUT2D eigenvalue weighted by Crippen LogP contribution is -2.24. The summed E-state index contributed by atoms with van der Waals surface area (Å²) in [5, 5.41) is 0. The van der Waals surface area contributed by atoms with E-state index in [4.69, 9.17) is 4.74 Å². The van der Waals surface area contributed by atoms with Crippen molar-refractivity contribution < 1.29 is 13.2 Å². The Morgan fingerprint density at radius 1 is 1.42 bits per heavy atom. The summed E-state index contributed by atoms with van der Waals surface area (Å²) in [6.07, 6.45) is 5.30. The van der Waals surface area contributed by atoms with Gasteiger partial charge in [-0.05, 0) is 36.9 Å². The van der Waals surface area contributed by atoms with Crippen LogP contribution in [0, 0.1) is 0 Å². The molecule has 2 rings (SSSR count). The van der Waals surface area contributed by atoms with Crippen molar-refractivity contribution >= 4 is 39.4 Å². The second kappa shape index (κ2) is 6.76. The summed E-state index contributed by atoms with van der Waals surface area (Å²) in [6, 6.07) is 1.71. The van der Waals surface area contributed by atoms with Gasteiger partial charge in [0.25, 0.3) is 0 Å². The molecule has 0 saturated heterocycles. The van der Waals surface area contributed by atoms with E-state index in [-0.39, 0.29) is 0 Å². The first-order valence-corrected chi connectivity index (χ1v) is 8.96. The second-order valence-electron chi connectivity index (χ2n) is 3.96. The first-order chi connectivity index (χ1) is 9.13. The number of hydrogen-bond donors (Lipinski definition) is 2. The van der Waals surface area contributed by atoms with Crippen LogP contribution in [0.1, 0.15) is 18.4 Å². The highest BCUT2D eigenvalue weighted by atomic mass is 32.3. The van der Waals surface area contributed by atoms with Gasteiger partial charge in [-0.3, -0.25) is 0 Å². The third-order valence-electron chi connectivity index (χ3n) is 2.52. The molecule has 5 nitrogen and oxygen atoms in total. The van der Waals surface area contributed by atoms with E-state index in [1.165, 1.54) is 23.3 Å².